The molecule has 0 spiro atoms. The number of halogens is 2. The van der Waals surface area contributed by atoms with Crippen molar-refractivity contribution >= 4 is 38.9 Å². The van der Waals surface area contributed by atoms with Gasteiger partial charge in [0.1, 0.15) is 0 Å². The second-order valence-electron chi connectivity index (χ2n) is 3.62. The molecule has 16 heavy (non-hydrogen) atoms. The van der Waals surface area contributed by atoms with E-state index in [1.165, 1.54) is 10.4 Å². The molecule has 84 valence electrons. The Morgan fingerprint density at radius 3 is 2.50 bits per heavy atom. The highest BCUT2D eigenvalue weighted by molar-refractivity contribution is 9.09. The van der Waals surface area contributed by atoms with Crippen LogP contribution in [0.1, 0.15) is 21.7 Å². The molecule has 1 aromatic heterocycles. The Hall–Kier alpha value is -0.310. The molecule has 1 atom stereocenters. The van der Waals surface area contributed by atoms with Gasteiger partial charge in [0.05, 0.1) is 4.34 Å². The molecule has 0 fully saturated rings. The van der Waals surface area contributed by atoms with Crippen LogP contribution in [0.15, 0.2) is 42.5 Å². The van der Waals surface area contributed by atoms with E-state index in [9.17, 15) is 0 Å². The lowest BCUT2D eigenvalue weighted by Crippen LogP contribution is -1.91. The van der Waals surface area contributed by atoms with Gasteiger partial charge in [0.25, 0.3) is 0 Å². The minimum Gasteiger partial charge on any atom is -0.128 e. The molecule has 3 heteroatoms. The lowest BCUT2D eigenvalue weighted by Gasteiger charge is -2.08. The van der Waals surface area contributed by atoms with Crippen molar-refractivity contribution in [3.8, 4) is 0 Å². The summed E-state index contributed by atoms with van der Waals surface area (Å²) in [5, 5.41) is 0. The van der Waals surface area contributed by atoms with E-state index in [-0.39, 0.29) is 0 Å². The average Bonchev–Trinajstić information content (AvgIpc) is 2.73. The molecule has 0 saturated carbocycles. The summed E-state index contributed by atoms with van der Waals surface area (Å²) in [6.07, 6.45) is 2.17. The highest BCUT2D eigenvalue weighted by Gasteiger charge is 2.07. The van der Waals surface area contributed by atoms with E-state index in [4.69, 9.17) is 11.6 Å². The van der Waals surface area contributed by atoms with E-state index in [0.29, 0.717) is 4.83 Å². The lowest BCUT2D eigenvalue weighted by atomic mass is 10.1. The summed E-state index contributed by atoms with van der Waals surface area (Å²) < 4.78 is 0.876. The van der Waals surface area contributed by atoms with Gasteiger partial charge in [0.2, 0.25) is 0 Å². The van der Waals surface area contributed by atoms with Crippen LogP contribution in [0.2, 0.25) is 4.34 Å². The molecule has 0 nitrogen and oxygen atoms in total. The molecule has 0 bridgehead atoms. The van der Waals surface area contributed by atoms with Crippen LogP contribution in [0.5, 0.6) is 0 Å². The Morgan fingerprint density at radius 2 is 1.88 bits per heavy atom. The first kappa shape index (κ1) is 12.2. The van der Waals surface area contributed by atoms with Crippen LogP contribution in [0.25, 0.3) is 0 Å². The minimum atomic E-state index is 0.426. The van der Waals surface area contributed by atoms with Crippen molar-refractivity contribution in [3.63, 3.8) is 0 Å². The molecule has 0 aliphatic carbocycles. The number of hydrogen-bond acceptors (Lipinski definition) is 1. The van der Waals surface area contributed by atoms with E-state index in [1.54, 1.807) is 11.3 Å². The third kappa shape index (κ3) is 3.34. The molecular weight excluding hydrogens is 304 g/mol. The van der Waals surface area contributed by atoms with E-state index >= 15 is 0 Å². The second-order valence-corrected chi connectivity index (χ2v) is 6.53. The van der Waals surface area contributed by atoms with Gasteiger partial charge in [-0.15, -0.1) is 11.3 Å². The largest absolute Gasteiger partial charge is 0.128 e. The van der Waals surface area contributed by atoms with Gasteiger partial charge in [-0.2, -0.15) is 0 Å². The Bertz CT molecular complexity index is 438. The number of hydrogen-bond donors (Lipinski definition) is 0. The van der Waals surface area contributed by atoms with Crippen molar-refractivity contribution in [2.75, 3.05) is 0 Å². The van der Waals surface area contributed by atoms with Crippen molar-refractivity contribution in [2.24, 2.45) is 0 Å². The van der Waals surface area contributed by atoms with Crippen LogP contribution >= 0.6 is 38.9 Å². The van der Waals surface area contributed by atoms with Crippen molar-refractivity contribution in [3.05, 3.63) is 57.2 Å². The quantitative estimate of drug-likeness (QED) is 0.656. The zero-order chi connectivity index (χ0) is 11.4. The van der Waals surface area contributed by atoms with Crippen LogP contribution in [0, 0.1) is 0 Å². The summed E-state index contributed by atoms with van der Waals surface area (Å²) in [5.74, 6) is 0. The van der Waals surface area contributed by atoms with E-state index in [0.717, 1.165) is 17.2 Å². The standard InChI is InChI=1S/C13H12BrClS/c14-12(10-4-2-1-3-5-10)8-6-11-7-9-13(15)16-11/h1-5,7,9,12H,6,8H2. The molecule has 2 aromatic rings. The maximum atomic E-state index is 5.90. The predicted octanol–water partition coefficient (Wildman–Crippen LogP) is 5.47. The zero-order valence-electron chi connectivity index (χ0n) is 8.70. The average molecular weight is 316 g/mol. The minimum absolute atomic E-state index is 0.426. The maximum Gasteiger partial charge on any atom is 0.0931 e. The number of thiophene rings is 1. The molecule has 2 rings (SSSR count). The molecule has 0 saturated heterocycles. The van der Waals surface area contributed by atoms with Crippen LogP contribution in [0.4, 0.5) is 0 Å². The summed E-state index contributed by atoms with van der Waals surface area (Å²) in [6.45, 7) is 0. The number of rotatable bonds is 4. The van der Waals surface area contributed by atoms with Gasteiger partial charge in [-0.1, -0.05) is 57.9 Å². The maximum absolute atomic E-state index is 5.90. The van der Waals surface area contributed by atoms with Gasteiger partial charge >= 0.3 is 0 Å². The molecular formula is C13H12BrClS. The van der Waals surface area contributed by atoms with E-state index in [2.05, 4.69) is 46.3 Å². The van der Waals surface area contributed by atoms with Gasteiger partial charge in [0.15, 0.2) is 0 Å². The van der Waals surface area contributed by atoms with Gasteiger partial charge in [-0.3, -0.25) is 0 Å². The highest BCUT2D eigenvalue weighted by Crippen LogP contribution is 2.30. The highest BCUT2D eigenvalue weighted by atomic mass is 79.9. The normalized spacial score (nSPS) is 12.6. The van der Waals surface area contributed by atoms with Crippen molar-refractivity contribution in [1.82, 2.24) is 0 Å². The summed E-state index contributed by atoms with van der Waals surface area (Å²) in [6, 6.07) is 14.6. The van der Waals surface area contributed by atoms with Crippen molar-refractivity contribution < 1.29 is 0 Å². The number of alkyl halides is 1. The van der Waals surface area contributed by atoms with Gasteiger partial charge in [-0.25, -0.2) is 0 Å². The summed E-state index contributed by atoms with van der Waals surface area (Å²) >= 11 is 11.3. The Labute approximate surface area is 113 Å². The molecule has 1 aromatic carbocycles. The summed E-state index contributed by atoms with van der Waals surface area (Å²) in [4.78, 5) is 1.78. The molecule has 0 amide bonds. The Balaban J connectivity index is 1.91. The van der Waals surface area contributed by atoms with Gasteiger partial charge < -0.3 is 0 Å². The Kier molecular flexibility index (Phi) is 4.45. The fourth-order valence-electron chi connectivity index (χ4n) is 1.58. The summed E-state index contributed by atoms with van der Waals surface area (Å²) in [7, 11) is 0. The number of aryl methyl sites for hydroxylation is 1. The molecule has 1 unspecified atom stereocenters. The first-order chi connectivity index (χ1) is 7.75. The first-order valence-electron chi connectivity index (χ1n) is 5.19. The van der Waals surface area contributed by atoms with Crippen LogP contribution in [-0.2, 0) is 6.42 Å². The lowest BCUT2D eigenvalue weighted by molar-refractivity contribution is 0.823. The number of benzene rings is 1. The van der Waals surface area contributed by atoms with Gasteiger partial charge in [-0.05, 0) is 30.5 Å². The predicted molar refractivity (Wildman–Crippen MR) is 75.8 cm³/mol. The topological polar surface area (TPSA) is 0 Å². The molecule has 0 aliphatic rings. The van der Waals surface area contributed by atoms with Crippen molar-refractivity contribution in [1.29, 1.82) is 0 Å². The third-order valence-electron chi connectivity index (χ3n) is 2.43. The molecule has 0 radical (unpaired) electrons. The zero-order valence-corrected chi connectivity index (χ0v) is 11.9. The first-order valence-corrected chi connectivity index (χ1v) is 7.30. The van der Waals surface area contributed by atoms with Crippen LogP contribution in [-0.4, -0.2) is 0 Å². The van der Waals surface area contributed by atoms with Crippen molar-refractivity contribution in [2.45, 2.75) is 17.7 Å². The monoisotopic (exact) mass is 314 g/mol. The molecule has 0 aliphatic heterocycles. The second kappa shape index (κ2) is 5.85. The SMILES string of the molecule is Clc1ccc(CCC(Br)c2ccccc2)s1. The smallest absolute Gasteiger partial charge is 0.0931 e. The third-order valence-corrected chi connectivity index (χ3v) is 4.71. The summed E-state index contributed by atoms with van der Waals surface area (Å²) in [5.41, 5.74) is 1.34. The fourth-order valence-corrected chi connectivity index (χ4v) is 3.22. The van der Waals surface area contributed by atoms with Crippen LogP contribution < -0.4 is 0 Å². The molecule has 0 N–H and O–H groups in total. The fraction of sp³-hybridized carbons (Fsp3) is 0.231. The Morgan fingerprint density at radius 1 is 1.12 bits per heavy atom. The van der Waals surface area contributed by atoms with E-state index < -0.39 is 0 Å². The molecule has 1 heterocycles. The van der Waals surface area contributed by atoms with Gasteiger partial charge in [0, 0.05) is 9.70 Å². The van der Waals surface area contributed by atoms with E-state index in [1.807, 2.05) is 12.1 Å². The van der Waals surface area contributed by atoms with Crippen LogP contribution in [0.3, 0.4) is 0 Å².